The summed E-state index contributed by atoms with van der Waals surface area (Å²) in [6, 6.07) is 5.02. The number of aliphatic carboxylic acids is 1. The third-order valence-electron chi connectivity index (χ3n) is 4.69. The number of ether oxygens (including phenoxy) is 2. The van der Waals surface area contributed by atoms with Gasteiger partial charge in [-0.1, -0.05) is 6.07 Å². The van der Waals surface area contributed by atoms with Crippen molar-refractivity contribution in [2.45, 2.75) is 66.2 Å². The zero-order chi connectivity index (χ0) is 27.7. The van der Waals surface area contributed by atoms with E-state index in [9.17, 15) is 19.2 Å². The molecule has 2 heterocycles. The molecule has 0 bridgehead atoms. The number of ketones is 1. The summed E-state index contributed by atoms with van der Waals surface area (Å²) in [6.07, 6.45) is 0.821. The molecule has 0 aliphatic heterocycles. The summed E-state index contributed by atoms with van der Waals surface area (Å²) >= 11 is 0. The third kappa shape index (κ3) is 6.66. The Bertz CT molecular complexity index is 1340. The average molecular weight is 512 g/mol. The van der Waals surface area contributed by atoms with Crippen molar-refractivity contribution in [3.63, 3.8) is 0 Å². The van der Waals surface area contributed by atoms with E-state index < -0.39 is 35.9 Å². The predicted octanol–water partition coefficient (Wildman–Crippen LogP) is 4.46. The van der Waals surface area contributed by atoms with Crippen molar-refractivity contribution in [3.8, 4) is 11.1 Å². The first-order valence-electron chi connectivity index (χ1n) is 11.4. The maximum Gasteiger partial charge on any atom is 0.427 e. The van der Waals surface area contributed by atoms with Gasteiger partial charge in [0.2, 0.25) is 5.95 Å². The van der Waals surface area contributed by atoms with Crippen LogP contribution in [0.1, 0.15) is 59.0 Å². The fourth-order valence-corrected chi connectivity index (χ4v) is 3.31. The molecule has 3 aromatic rings. The van der Waals surface area contributed by atoms with Gasteiger partial charge in [0.05, 0.1) is 5.52 Å². The van der Waals surface area contributed by atoms with E-state index in [1.807, 2.05) is 0 Å². The summed E-state index contributed by atoms with van der Waals surface area (Å²) in [5, 5.41) is 13.8. The van der Waals surface area contributed by atoms with Crippen LogP contribution in [0.2, 0.25) is 0 Å². The number of hydrogen-bond donors (Lipinski definition) is 1. The Kier molecular flexibility index (Phi) is 7.33. The van der Waals surface area contributed by atoms with E-state index >= 15 is 0 Å². The standard InChI is InChI=1S/C25H29N5O7/c1-14(31)20-17-10-15(8-9-18(17)29(28-20)13-19(32)33)16-11-26-21(27-12-16)30(22(34)36-24(2,3)4)23(35)37-25(5,6)7/h8-12H,13H2,1-7H3,(H,32,33). The van der Waals surface area contributed by atoms with Crippen LogP contribution in [0.25, 0.3) is 22.0 Å². The predicted molar refractivity (Wildman–Crippen MR) is 133 cm³/mol. The topological polar surface area (TPSA) is 154 Å². The van der Waals surface area contributed by atoms with Crippen molar-refractivity contribution in [3.05, 3.63) is 36.3 Å². The Morgan fingerprint density at radius 3 is 1.92 bits per heavy atom. The number of carboxylic acids is 1. The monoisotopic (exact) mass is 511 g/mol. The van der Waals surface area contributed by atoms with Crippen molar-refractivity contribution < 1.29 is 33.8 Å². The number of rotatable bonds is 5. The number of anilines is 1. The summed E-state index contributed by atoms with van der Waals surface area (Å²) in [5.41, 5.74) is -0.0261. The van der Waals surface area contributed by atoms with Crippen LogP contribution >= 0.6 is 0 Å². The zero-order valence-electron chi connectivity index (χ0n) is 21.7. The molecule has 0 unspecified atom stereocenters. The van der Waals surface area contributed by atoms with Gasteiger partial charge in [-0.25, -0.2) is 19.6 Å². The second-order valence-corrected chi connectivity index (χ2v) is 10.3. The largest absolute Gasteiger partial charge is 0.480 e. The summed E-state index contributed by atoms with van der Waals surface area (Å²) in [6.45, 7) is 10.9. The van der Waals surface area contributed by atoms with E-state index in [2.05, 4.69) is 15.1 Å². The zero-order valence-corrected chi connectivity index (χ0v) is 21.7. The number of aromatic nitrogens is 4. The third-order valence-corrected chi connectivity index (χ3v) is 4.69. The summed E-state index contributed by atoms with van der Waals surface area (Å²) in [5.74, 6) is -1.65. The van der Waals surface area contributed by atoms with Crippen LogP contribution in [0.15, 0.2) is 30.6 Å². The quantitative estimate of drug-likeness (QED) is 0.486. The average Bonchev–Trinajstić information content (AvgIpc) is 3.09. The molecule has 2 amide bonds. The highest BCUT2D eigenvalue weighted by molar-refractivity contribution is 6.08. The molecule has 0 saturated carbocycles. The Balaban J connectivity index is 2.01. The second-order valence-electron chi connectivity index (χ2n) is 10.3. The number of carbonyl (C=O) groups is 4. The van der Waals surface area contributed by atoms with E-state index in [1.165, 1.54) is 24.0 Å². The van der Waals surface area contributed by atoms with Crippen LogP contribution < -0.4 is 4.90 Å². The molecule has 2 aromatic heterocycles. The van der Waals surface area contributed by atoms with Gasteiger partial charge in [-0.2, -0.15) is 5.10 Å². The van der Waals surface area contributed by atoms with E-state index in [0.29, 0.717) is 26.9 Å². The Hall–Kier alpha value is -4.35. The molecule has 12 heteroatoms. The molecule has 3 rings (SSSR count). The summed E-state index contributed by atoms with van der Waals surface area (Å²) < 4.78 is 11.9. The Morgan fingerprint density at radius 1 is 0.919 bits per heavy atom. The van der Waals surface area contributed by atoms with E-state index in [0.717, 1.165) is 0 Å². The lowest BCUT2D eigenvalue weighted by molar-refractivity contribution is -0.137. The SMILES string of the molecule is CC(=O)c1nn(CC(=O)O)c2ccc(-c3cnc(N(C(=O)OC(C)(C)C)C(=O)OC(C)(C)C)nc3)cc12. The molecule has 0 fully saturated rings. The van der Waals surface area contributed by atoms with Gasteiger partial charge >= 0.3 is 18.2 Å². The van der Waals surface area contributed by atoms with Gasteiger partial charge in [0.1, 0.15) is 23.4 Å². The number of carbonyl (C=O) groups excluding carboxylic acids is 3. The van der Waals surface area contributed by atoms with E-state index in [-0.39, 0.29) is 17.4 Å². The molecule has 1 N–H and O–H groups in total. The molecule has 0 atom stereocenters. The minimum absolute atomic E-state index is 0.136. The van der Waals surface area contributed by atoms with Crippen molar-refractivity contribution in [1.29, 1.82) is 0 Å². The molecule has 1 aromatic carbocycles. The Morgan fingerprint density at radius 2 is 1.46 bits per heavy atom. The fraction of sp³-hybridized carbons (Fsp3) is 0.400. The highest BCUT2D eigenvalue weighted by Crippen LogP contribution is 2.27. The number of hydrogen-bond acceptors (Lipinski definition) is 9. The van der Waals surface area contributed by atoms with Crippen molar-refractivity contribution >= 4 is 40.8 Å². The first-order chi connectivity index (χ1) is 17.1. The van der Waals surface area contributed by atoms with Crippen molar-refractivity contribution in [2.75, 3.05) is 4.90 Å². The number of nitrogens with zero attached hydrogens (tertiary/aromatic N) is 5. The number of imide groups is 1. The molecular weight excluding hydrogens is 482 g/mol. The Labute approximate surface area is 213 Å². The molecule has 0 saturated heterocycles. The van der Waals surface area contributed by atoms with E-state index in [4.69, 9.17) is 14.6 Å². The summed E-state index contributed by atoms with van der Waals surface area (Å²) in [4.78, 5) is 57.9. The van der Waals surface area contributed by atoms with E-state index in [1.54, 1.807) is 59.7 Å². The normalized spacial score (nSPS) is 11.8. The molecule has 0 radical (unpaired) electrons. The second kappa shape index (κ2) is 9.96. The van der Waals surface area contributed by atoms with Gasteiger partial charge in [0.15, 0.2) is 5.78 Å². The molecule has 37 heavy (non-hydrogen) atoms. The van der Waals surface area contributed by atoms with Gasteiger partial charge in [0.25, 0.3) is 0 Å². The van der Waals surface area contributed by atoms with Gasteiger partial charge in [-0.15, -0.1) is 4.90 Å². The van der Waals surface area contributed by atoms with Crippen molar-refractivity contribution in [1.82, 2.24) is 19.7 Å². The lowest BCUT2D eigenvalue weighted by atomic mass is 10.0. The maximum absolute atomic E-state index is 12.8. The van der Waals surface area contributed by atoms with Crippen molar-refractivity contribution in [2.24, 2.45) is 0 Å². The minimum atomic E-state index is -1.09. The molecular formula is C25H29N5O7. The van der Waals surface area contributed by atoms with Crippen LogP contribution in [0.3, 0.4) is 0 Å². The van der Waals surface area contributed by atoms with Crippen LogP contribution in [-0.4, -0.2) is 60.0 Å². The number of benzene rings is 1. The first-order valence-corrected chi connectivity index (χ1v) is 11.4. The van der Waals surface area contributed by atoms with Gasteiger partial charge in [0, 0.05) is 30.3 Å². The lowest BCUT2D eigenvalue weighted by Crippen LogP contribution is -2.44. The molecule has 196 valence electrons. The highest BCUT2D eigenvalue weighted by Gasteiger charge is 2.34. The fourth-order valence-electron chi connectivity index (χ4n) is 3.31. The number of carboxylic acid groups (broad SMARTS) is 1. The van der Waals surface area contributed by atoms with Crippen LogP contribution in [0.5, 0.6) is 0 Å². The van der Waals surface area contributed by atoms with Crippen LogP contribution in [0, 0.1) is 0 Å². The van der Waals surface area contributed by atoms with Gasteiger partial charge in [-0.05, 0) is 59.2 Å². The minimum Gasteiger partial charge on any atom is -0.480 e. The number of amides is 2. The molecule has 0 aliphatic rings. The maximum atomic E-state index is 12.8. The molecule has 0 aliphatic carbocycles. The first kappa shape index (κ1) is 27.2. The highest BCUT2D eigenvalue weighted by atomic mass is 16.6. The van der Waals surface area contributed by atoms with Gasteiger partial charge in [-0.3, -0.25) is 14.3 Å². The van der Waals surface area contributed by atoms with Crippen LogP contribution in [-0.2, 0) is 20.8 Å². The molecule has 0 spiro atoms. The summed E-state index contributed by atoms with van der Waals surface area (Å²) in [7, 11) is 0. The van der Waals surface area contributed by atoms with Gasteiger partial charge < -0.3 is 14.6 Å². The lowest BCUT2D eigenvalue weighted by Gasteiger charge is -2.27. The number of Topliss-reactive ketones (excluding diaryl/α,β-unsaturated/α-hetero) is 1. The van der Waals surface area contributed by atoms with Crippen LogP contribution in [0.4, 0.5) is 15.5 Å². The smallest absolute Gasteiger partial charge is 0.427 e. The molecule has 12 nitrogen and oxygen atoms in total. The number of fused-ring (bicyclic) bond motifs is 1.